The molecule has 0 fully saturated rings. The quantitative estimate of drug-likeness (QED) is 0.527. The number of halogens is 1. The van der Waals surface area contributed by atoms with E-state index in [2.05, 4.69) is 94.8 Å². The molecule has 3 aromatic rings. The van der Waals surface area contributed by atoms with Gasteiger partial charge in [-0.05, 0) is 34.0 Å². The van der Waals surface area contributed by atoms with Crippen LogP contribution in [0.2, 0.25) is 0 Å². The van der Waals surface area contributed by atoms with Gasteiger partial charge < -0.3 is 0 Å². The largest absolute Gasteiger partial charge is 0.0616 e. The molecule has 0 aliphatic rings. The lowest BCUT2D eigenvalue weighted by Crippen LogP contribution is -1.77. The fourth-order valence-corrected chi connectivity index (χ4v) is 2.42. The third-order valence-corrected chi connectivity index (χ3v) is 3.68. The first-order valence-corrected chi connectivity index (χ1v) is 7.04. The molecule has 0 bridgehead atoms. The number of fused-ring (bicyclic) bond motifs is 1. The Morgan fingerprint density at radius 1 is 0.684 bits per heavy atom. The Balaban J connectivity index is 1.99. The highest BCUT2D eigenvalue weighted by Crippen LogP contribution is 2.21. The van der Waals surface area contributed by atoms with E-state index in [1.165, 1.54) is 21.9 Å². The highest BCUT2D eigenvalue weighted by Gasteiger charge is 1.96. The molecule has 92 valence electrons. The van der Waals surface area contributed by atoms with Crippen molar-refractivity contribution < 1.29 is 0 Å². The van der Waals surface area contributed by atoms with Crippen LogP contribution in [0.4, 0.5) is 0 Å². The van der Waals surface area contributed by atoms with Crippen molar-refractivity contribution in [1.29, 1.82) is 0 Å². The Bertz CT molecular complexity index is 719. The summed E-state index contributed by atoms with van der Waals surface area (Å²) >= 11 is 3.45. The first-order valence-electron chi connectivity index (χ1n) is 6.24. The van der Waals surface area contributed by atoms with Crippen molar-refractivity contribution >= 4 is 38.9 Å². The molecule has 0 aromatic heterocycles. The second-order valence-corrected chi connectivity index (χ2v) is 5.37. The van der Waals surface area contributed by atoms with Gasteiger partial charge in [0.1, 0.15) is 0 Å². The van der Waals surface area contributed by atoms with Crippen molar-refractivity contribution in [1.82, 2.24) is 0 Å². The molecule has 3 aromatic carbocycles. The van der Waals surface area contributed by atoms with E-state index in [1.54, 1.807) is 0 Å². The smallest absolute Gasteiger partial charge is 0.0175 e. The van der Waals surface area contributed by atoms with Crippen molar-refractivity contribution in [3.8, 4) is 0 Å². The van der Waals surface area contributed by atoms with Crippen LogP contribution in [0, 0.1) is 0 Å². The fourth-order valence-electron chi connectivity index (χ4n) is 2.16. The normalized spacial score (nSPS) is 11.2. The molecule has 19 heavy (non-hydrogen) atoms. The van der Waals surface area contributed by atoms with E-state index in [1.807, 2.05) is 0 Å². The number of hydrogen-bond acceptors (Lipinski definition) is 0. The van der Waals surface area contributed by atoms with Crippen LogP contribution in [0.5, 0.6) is 0 Å². The van der Waals surface area contributed by atoms with Gasteiger partial charge in [0.05, 0.1) is 0 Å². The van der Waals surface area contributed by atoms with Crippen LogP contribution in [0.1, 0.15) is 11.1 Å². The summed E-state index contributed by atoms with van der Waals surface area (Å²) in [5.41, 5.74) is 2.46. The van der Waals surface area contributed by atoms with E-state index >= 15 is 0 Å². The van der Waals surface area contributed by atoms with Crippen LogP contribution in [-0.2, 0) is 0 Å². The van der Waals surface area contributed by atoms with E-state index in [0.29, 0.717) is 0 Å². The molecular weight excluding hydrogens is 296 g/mol. The summed E-state index contributed by atoms with van der Waals surface area (Å²) in [5, 5.41) is 2.57. The molecule has 0 N–H and O–H groups in total. The SMILES string of the molecule is Brc1ccc(C=Cc2cccc3ccccc23)cc1. The van der Waals surface area contributed by atoms with E-state index in [4.69, 9.17) is 0 Å². The third kappa shape index (κ3) is 2.77. The maximum Gasteiger partial charge on any atom is 0.0175 e. The highest BCUT2D eigenvalue weighted by molar-refractivity contribution is 9.10. The Kier molecular flexibility index (Phi) is 3.47. The zero-order valence-corrected chi connectivity index (χ0v) is 12.0. The maximum absolute atomic E-state index is 3.45. The van der Waals surface area contributed by atoms with Gasteiger partial charge in [-0.2, -0.15) is 0 Å². The average Bonchev–Trinajstić information content (AvgIpc) is 2.47. The Morgan fingerprint density at radius 2 is 1.42 bits per heavy atom. The molecule has 0 heterocycles. The van der Waals surface area contributed by atoms with E-state index < -0.39 is 0 Å². The van der Waals surface area contributed by atoms with Crippen LogP contribution >= 0.6 is 15.9 Å². The maximum atomic E-state index is 3.45. The van der Waals surface area contributed by atoms with Gasteiger partial charge in [-0.1, -0.05) is 82.7 Å². The molecule has 0 radical (unpaired) electrons. The van der Waals surface area contributed by atoms with Crippen molar-refractivity contribution in [2.24, 2.45) is 0 Å². The number of rotatable bonds is 2. The van der Waals surface area contributed by atoms with Crippen molar-refractivity contribution in [2.45, 2.75) is 0 Å². The Hall–Kier alpha value is -1.86. The van der Waals surface area contributed by atoms with Gasteiger partial charge in [0.2, 0.25) is 0 Å². The minimum Gasteiger partial charge on any atom is -0.0616 e. The summed E-state index contributed by atoms with van der Waals surface area (Å²) in [6.45, 7) is 0. The molecule has 0 nitrogen and oxygen atoms in total. The topological polar surface area (TPSA) is 0 Å². The van der Waals surface area contributed by atoms with E-state index in [0.717, 1.165) is 4.47 Å². The summed E-state index contributed by atoms with van der Waals surface area (Å²) < 4.78 is 1.11. The van der Waals surface area contributed by atoms with Crippen LogP contribution in [-0.4, -0.2) is 0 Å². The van der Waals surface area contributed by atoms with Crippen molar-refractivity contribution in [2.75, 3.05) is 0 Å². The highest BCUT2D eigenvalue weighted by atomic mass is 79.9. The number of hydrogen-bond donors (Lipinski definition) is 0. The molecule has 0 saturated carbocycles. The third-order valence-electron chi connectivity index (χ3n) is 3.15. The molecule has 0 aliphatic carbocycles. The summed E-state index contributed by atoms with van der Waals surface area (Å²) in [6, 6.07) is 23.2. The minimum atomic E-state index is 1.11. The van der Waals surface area contributed by atoms with Gasteiger partial charge in [0.15, 0.2) is 0 Å². The van der Waals surface area contributed by atoms with E-state index in [-0.39, 0.29) is 0 Å². The first-order chi connectivity index (χ1) is 9.33. The van der Waals surface area contributed by atoms with Crippen molar-refractivity contribution in [3.05, 3.63) is 82.3 Å². The predicted molar refractivity (Wildman–Crippen MR) is 87.0 cm³/mol. The van der Waals surface area contributed by atoms with Gasteiger partial charge in [0, 0.05) is 4.47 Å². The molecular formula is C18H13Br. The lowest BCUT2D eigenvalue weighted by atomic mass is 10.0. The summed E-state index contributed by atoms with van der Waals surface area (Å²) in [6.07, 6.45) is 4.32. The second kappa shape index (κ2) is 5.41. The first kappa shape index (κ1) is 12.2. The summed E-state index contributed by atoms with van der Waals surface area (Å²) in [4.78, 5) is 0. The molecule has 0 atom stereocenters. The van der Waals surface area contributed by atoms with Crippen LogP contribution in [0.25, 0.3) is 22.9 Å². The molecule has 0 unspecified atom stereocenters. The van der Waals surface area contributed by atoms with Gasteiger partial charge in [-0.25, -0.2) is 0 Å². The molecule has 1 heteroatoms. The van der Waals surface area contributed by atoms with Gasteiger partial charge in [-0.15, -0.1) is 0 Å². The van der Waals surface area contributed by atoms with Crippen LogP contribution < -0.4 is 0 Å². The minimum absolute atomic E-state index is 1.11. The lowest BCUT2D eigenvalue weighted by molar-refractivity contribution is 1.62. The van der Waals surface area contributed by atoms with Crippen LogP contribution in [0.3, 0.4) is 0 Å². The van der Waals surface area contributed by atoms with Gasteiger partial charge >= 0.3 is 0 Å². The molecule has 0 spiro atoms. The molecule has 0 saturated heterocycles. The van der Waals surface area contributed by atoms with E-state index in [9.17, 15) is 0 Å². The molecule has 0 aliphatic heterocycles. The fraction of sp³-hybridized carbons (Fsp3) is 0. The molecule has 0 amide bonds. The Morgan fingerprint density at radius 3 is 2.26 bits per heavy atom. The second-order valence-electron chi connectivity index (χ2n) is 4.45. The van der Waals surface area contributed by atoms with Crippen molar-refractivity contribution in [3.63, 3.8) is 0 Å². The zero-order chi connectivity index (χ0) is 13.1. The predicted octanol–water partition coefficient (Wildman–Crippen LogP) is 5.77. The Labute approximate surface area is 121 Å². The van der Waals surface area contributed by atoms with Gasteiger partial charge in [-0.3, -0.25) is 0 Å². The monoisotopic (exact) mass is 308 g/mol. The van der Waals surface area contributed by atoms with Gasteiger partial charge in [0.25, 0.3) is 0 Å². The lowest BCUT2D eigenvalue weighted by Gasteiger charge is -2.01. The number of benzene rings is 3. The summed E-state index contributed by atoms with van der Waals surface area (Å²) in [5.74, 6) is 0. The summed E-state index contributed by atoms with van der Waals surface area (Å²) in [7, 11) is 0. The van der Waals surface area contributed by atoms with Crippen LogP contribution in [0.15, 0.2) is 71.2 Å². The standard InChI is InChI=1S/C18H13Br/c19-17-12-9-14(10-13-17)8-11-16-6-3-5-15-4-1-2-7-18(15)16/h1-13H. The zero-order valence-electron chi connectivity index (χ0n) is 10.4. The molecule has 3 rings (SSSR count). The average molecular weight is 309 g/mol.